The standard InChI is InChI=1S/C42H36N2/c1-5-29(4)34-19-20-38-39(23-34)42(33-15-11-30(12-16-33)35-22-28(3)24-43-26-35)37-9-7-6-8-36(37)41(38)32-17-13-31(14-18-32)40-21-10-27(2)25-44-40/h6-26,29H,5H2,1-4H3. The molecule has 44 heavy (non-hydrogen) atoms. The molecule has 7 rings (SSSR count). The highest BCUT2D eigenvalue weighted by Crippen LogP contribution is 2.45. The summed E-state index contributed by atoms with van der Waals surface area (Å²) in [5.74, 6) is 0.486. The second-order valence-electron chi connectivity index (χ2n) is 12.0. The molecule has 0 radical (unpaired) electrons. The number of aromatic nitrogens is 2. The maximum Gasteiger partial charge on any atom is 0.0702 e. The van der Waals surface area contributed by atoms with Crippen LogP contribution in [0.1, 0.15) is 42.9 Å². The van der Waals surface area contributed by atoms with E-state index in [1.54, 1.807) is 0 Å². The van der Waals surface area contributed by atoms with Gasteiger partial charge in [-0.2, -0.15) is 0 Å². The minimum absolute atomic E-state index is 0.486. The Bertz CT molecular complexity index is 2110. The van der Waals surface area contributed by atoms with Crippen molar-refractivity contribution < 1.29 is 0 Å². The molecule has 2 heteroatoms. The molecule has 0 aliphatic heterocycles. The summed E-state index contributed by atoms with van der Waals surface area (Å²) in [4.78, 5) is 9.07. The third kappa shape index (κ3) is 5.07. The fourth-order valence-corrected chi connectivity index (χ4v) is 6.35. The van der Waals surface area contributed by atoms with Gasteiger partial charge in [-0.15, -0.1) is 0 Å². The maximum absolute atomic E-state index is 4.66. The quantitative estimate of drug-likeness (QED) is 0.186. The third-order valence-electron chi connectivity index (χ3n) is 8.99. The number of aryl methyl sites for hydroxylation is 2. The lowest BCUT2D eigenvalue weighted by Crippen LogP contribution is -1.95. The van der Waals surface area contributed by atoms with E-state index in [-0.39, 0.29) is 0 Å². The fraction of sp³-hybridized carbons (Fsp3) is 0.143. The van der Waals surface area contributed by atoms with Crippen molar-refractivity contribution in [2.75, 3.05) is 0 Å². The van der Waals surface area contributed by atoms with Crippen molar-refractivity contribution in [2.45, 2.75) is 40.0 Å². The lowest BCUT2D eigenvalue weighted by atomic mass is 9.84. The molecule has 2 nitrogen and oxygen atoms in total. The number of nitrogens with zero attached hydrogens (tertiary/aromatic N) is 2. The average Bonchev–Trinajstić information content (AvgIpc) is 3.07. The van der Waals surface area contributed by atoms with Crippen LogP contribution in [-0.2, 0) is 0 Å². The van der Waals surface area contributed by atoms with Gasteiger partial charge in [0.2, 0.25) is 0 Å². The van der Waals surface area contributed by atoms with E-state index in [2.05, 4.69) is 147 Å². The Labute approximate surface area is 260 Å². The van der Waals surface area contributed by atoms with Crippen LogP contribution in [0.5, 0.6) is 0 Å². The van der Waals surface area contributed by atoms with Gasteiger partial charge in [-0.05, 0) is 104 Å². The average molecular weight is 569 g/mol. The van der Waals surface area contributed by atoms with Crippen LogP contribution in [0.2, 0.25) is 0 Å². The minimum Gasteiger partial charge on any atom is -0.264 e. The Balaban J connectivity index is 1.45. The number of hydrogen-bond acceptors (Lipinski definition) is 2. The Hall–Kier alpha value is -5.08. The van der Waals surface area contributed by atoms with E-state index in [0.29, 0.717) is 5.92 Å². The predicted molar refractivity (Wildman–Crippen MR) is 187 cm³/mol. The summed E-state index contributed by atoms with van der Waals surface area (Å²) in [6.07, 6.45) is 6.89. The van der Waals surface area contributed by atoms with Crippen LogP contribution in [0.25, 0.3) is 66.2 Å². The van der Waals surface area contributed by atoms with Gasteiger partial charge < -0.3 is 0 Å². The van der Waals surface area contributed by atoms with Gasteiger partial charge in [0, 0.05) is 29.7 Å². The topological polar surface area (TPSA) is 25.8 Å². The van der Waals surface area contributed by atoms with E-state index in [1.165, 1.54) is 66.1 Å². The number of hydrogen-bond donors (Lipinski definition) is 0. The predicted octanol–water partition coefficient (Wildman–Crippen LogP) is 11.6. The first-order valence-electron chi connectivity index (χ1n) is 15.5. The fourth-order valence-electron chi connectivity index (χ4n) is 6.35. The lowest BCUT2D eigenvalue weighted by Gasteiger charge is -2.20. The second-order valence-corrected chi connectivity index (χ2v) is 12.0. The molecule has 0 amide bonds. The van der Waals surface area contributed by atoms with Gasteiger partial charge in [-0.1, -0.05) is 111 Å². The molecular weight excluding hydrogens is 532 g/mol. The van der Waals surface area contributed by atoms with Gasteiger partial charge in [0.1, 0.15) is 0 Å². The zero-order chi connectivity index (χ0) is 30.2. The van der Waals surface area contributed by atoms with Crippen LogP contribution in [0, 0.1) is 13.8 Å². The van der Waals surface area contributed by atoms with Gasteiger partial charge >= 0.3 is 0 Å². The van der Waals surface area contributed by atoms with E-state index in [9.17, 15) is 0 Å². The molecular formula is C42H36N2. The number of benzene rings is 5. The summed E-state index contributed by atoms with van der Waals surface area (Å²) >= 11 is 0. The number of fused-ring (bicyclic) bond motifs is 2. The van der Waals surface area contributed by atoms with Gasteiger partial charge in [-0.3, -0.25) is 9.97 Å². The maximum atomic E-state index is 4.66. The first-order valence-corrected chi connectivity index (χ1v) is 15.5. The zero-order valence-electron chi connectivity index (χ0n) is 25.8. The van der Waals surface area contributed by atoms with E-state index >= 15 is 0 Å². The molecule has 0 saturated carbocycles. The van der Waals surface area contributed by atoms with Crippen LogP contribution < -0.4 is 0 Å². The van der Waals surface area contributed by atoms with Crippen molar-refractivity contribution in [1.29, 1.82) is 0 Å². The molecule has 2 aromatic heterocycles. The first kappa shape index (κ1) is 27.7. The van der Waals surface area contributed by atoms with Crippen LogP contribution in [0.15, 0.2) is 128 Å². The molecule has 0 N–H and O–H groups in total. The normalized spacial score (nSPS) is 12.1. The van der Waals surface area contributed by atoms with Crippen molar-refractivity contribution in [2.24, 2.45) is 0 Å². The van der Waals surface area contributed by atoms with E-state index in [1.807, 2.05) is 18.6 Å². The molecule has 0 spiro atoms. The molecule has 214 valence electrons. The van der Waals surface area contributed by atoms with Crippen molar-refractivity contribution >= 4 is 21.5 Å². The van der Waals surface area contributed by atoms with Crippen molar-refractivity contribution in [3.05, 3.63) is 144 Å². The second kappa shape index (κ2) is 11.5. The van der Waals surface area contributed by atoms with Crippen molar-refractivity contribution in [3.8, 4) is 44.6 Å². The third-order valence-corrected chi connectivity index (χ3v) is 8.99. The summed E-state index contributed by atoms with van der Waals surface area (Å²) in [6, 6.07) is 40.4. The summed E-state index contributed by atoms with van der Waals surface area (Å²) in [7, 11) is 0. The van der Waals surface area contributed by atoms with Gasteiger partial charge in [0.25, 0.3) is 0 Å². The minimum atomic E-state index is 0.486. The first-order chi connectivity index (χ1) is 21.5. The molecule has 1 atom stereocenters. The van der Waals surface area contributed by atoms with Crippen LogP contribution in [-0.4, -0.2) is 9.97 Å². The Morgan fingerprint density at radius 1 is 0.523 bits per heavy atom. The van der Waals surface area contributed by atoms with Crippen molar-refractivity contribution in [3.63, 3.8) is 0 Å². The van der Waals surface area contributed by atoms with E-state index in [4.69, 9.17) is 0 Å². The summed E-state index contributed by atoms with van der Waals surface area (Å²) in [6.45, 7) is 8.76. The molecule has 2 heterocycles. The van der Waals surface area contributed by atoms with Crippen LogP contribution in [0.4, 0.5) is 0 Å². The van der Waals surface area contributed by atoms with Gasteiger partial charge in [-0.25, -0.2) is 0 Å². The number of rotatable bonds is 6. The highest BCUT2D eigenvalue weighted by molar-refractivity contribution is 6.21. The van der Waals surface area contributed by atoms with Gasteiger partial charge in [0.05, 0.1) is 5.69 Å². The van der Waals surface area contributed by atoms with Gasteiger partial charge in [0.15, 0.2) is 0 Å². The molecule has 7 aromatic rings. The van der Waals surface area contributed by atoms with Crippen LogP contribution >= 0.6 is 0 Å². The Morgan fingerprint density at radius 3 is 1.75 bits per heavy atom. The largest absolute Gasteiger partial charge is 0.264 e. The molecule has 0 bridgehead atoms. The summed E-state index contributed by atoms with van der Waals surface area (Å²) in [5, 5.41) is 5.11. The molecule has 0 fully saturated rings. The van der Waals surface area contributed by atoms with Crippen LogP contribution in [0.3, 0.4) is 0 Å². The highest BCUT2D eigenvalue weighted by Gasteiger charge is 2.18. The monoisotopic (exact) mass is 568 g/mol. The SMILES string of the molecule is CCC(C)c1ccc2c(-c3ccc(-c4ccc(C)cn4)cc3)c3ccccc3c(-c3ccc(-c4cncc(C)c4)cc3)c2c1. The van der Waals surface area contributed by atoms with E-state index < -0.39 is 0 Å². The number of pyridine rings is 2. The zero-order valence-corrected chi connectivity index (χ0v) is 25.8. The highest BCUT2D eigenvalue weighted by atomic mass is 14.7. The molecule has 5 aromatic carbocycles. The lowest BCUT2D eigenvalue weighted by molar-refractivity contribution is 0.735. The smallest absolute Gasteiger partial charge is 0.0702 e. The summed E-state index contributed by atoms with van der Waals surface area (Å²) < 4.78 is 0. The molecule has 0 saturated heterocycles. The molecule has 0 aliphatic rings. The molecule has 0 aliphatic carbocycles. The Kier molecular flexibility index (Phi) is 7.28. The molecule has 1 unspecified atom stereocenters. The summed E-state index contributed by atoms with van der Waals surface area (Å²) in [5.41, 5.74) is 13.2. The van der Waals surface area contributed by atoms with Crippen molar-refractivity contribution in [1.82, 2.24) is 9.97 Å². The Morgan fingerprint density at radius 2 is 1.14 bits per heavy atom. The van der Waals surface area contributed by atoms with E-state index in [0.717, 1.165) is 23.2 Å².